The van der Waals surface area contributed by atoms with Crippen molar-refractivity contribution in [3.05, 3.63) is 45.5 Å². The van der Waals surface area contributed by atoms with E-state index < -0.39 is 11.4 Å². The van der Waals surface area contributed by atoms with Gasteiger partial charge in [0, 0.05) is 36.8 Å². The average molecular weight is 514 g/mol. The van der Waals surface area contributed by atoms with Crippen LogP contribution in [0.25, 0.3) is 22.3 Å². The summed E-state index contributed by atoms with van der Waals surface area (Å²) in [5.41, 5.74) is 1.26. The van der Waals surface area contributed by atoms with E-state index >= 15 is 0 Å². The molecule has 176 valence electrons. The van der Waals surface area contributed by atoms with Crippen molar-refractivity contribution in [3.8, 4) is 11.3 Å². The number of aromatic nitrogens is 3. The Morgan fingerprint density at radius 1 is 1.21 bits per heavy atom. The Hall–Kier alpha value is -2.09. The molecule has 6 nitrogen and oxygen atoms in total. The van der Waals surface area contributed by atoms with Crippen molar-refractivity contribution in [2.24, 2.45) is 5.92 Å². The third-order valence-electron chi connectivity index (χ3n) is 5.48. The van der Waals surface area contributed by atoms with Crippen molar-refractivity contribution in [1.82, 2.24) is 19.4 Å². The molecule has 1 aromatic carbocycles. The molecule has 3 aromatic rings. The molecule has 1 saturated heterocycles. The lowest BCUT2D eigenvalue weighted by atomic mass is 9.98. The molecule has 1 amide bonds. The van der Waals surface area contributed by atoms with Crippen LogP contribution in [0.15, 0.2) is 24.4 Å². The number of halogens is 4. The van der Waals surface area contributed by atoms with Gasteiger partial charge in [0.2, 0.25) is 5.28 Å². The summed E-state index contributed by atoms with van der Waals surface area (Å²) in [5, 5.41) is 1.26. The minimum Gasteiger partial charge on any atom is -0.444 e. The number of ether oxygens (including phenoxy) is 1. The maximum absolute atomic E-state index is 13.8. The number of piperidine rings is 1. The van der Waals surface area contributed by atoms with Gasteiger partial charge >= 0.3 is 6.09 Å². The Labute approximate surface area is 206 Å². The standard InChI is InChI=1S/C23H24Cl3FN4O2/c1-23(2,3)33-22(32)30-6-4-5-13(11-30)12-31-18(7-14-10-28-21(26)29-20(14)31)19-16(24)8-15(27)9-17(19)25/h7-10,13H,4-6,11-12H2,1-3H3. The average Bonchev–Trinajstić information content (AvgIpc) is 3.03. The number of fused-ring (bicyclic) bond motifs is 1. The second kappa shape index (κ2) is 9.28. The molecule has 0 saturated carbocycles. The van der Waals surface area contributed by atoms with Crippen LogP contribution in [0, 0.1) is 11.7 Å². The molecule has 0 N–H and O–H groups in total. The highest BCUT2D eigenvalue weighted by atomic mass is 35.5. The van der Waals surface area contributed by atoms with Crippen LogP contribution < -0.4 is 0 Å². The van der Waals surface area contributed by atoms with E-state index in [-0.39, 0.29) is 27.3 Å². The van der Waals surface area contributed by atoms with E-state index in [9.17, 15) is 9.18 Å². The summed E-state index contributed by atoms with van der Waals surface area (Å²) in [5.74, 6) is -0.383. The normalized spacial score (nSPS) is 16.9. The van der Waals surface area contributed by atoms with Gasteiger partial charge in [-0.1, -0.05) is 23.2 Å². The molecule has 4 rings (SSSR count). The number of carbonyl (C=O) groups is 1. The van der Waals surface area contributed by atoms with Crippen LogP contribution in [-0.4, -0.2) is 44.2 Å². The first kappa shape index (κ1) is 24.0. The van der Waals surface area contributed by atoms with Crippen LogP contribution >= 0.6 is 34.8 Å². The van der Waals surface area contributed by atoms with Gasteiger partial charge in [-0.15, -0.1) is 0 Å². The zero-order valence-corrected chi connectivity index (χ0v) is 20.8. The molecule has 1 unspecified atom stereocenters. The molecule has 10 heteroatoms. The topological polar surface area (TPSA) is 60.2 Å². The summed E-state index contributed by atoms with van der Waals surface area (Å²) in [4.78, 5) is 22.9. The number of amides is 1. The van der Waals surface area contributed by atoms with Crippen molar-refractivity contribution in [3.63, 3.8) is 0 Å². The fraction of sp³-hybridized carbons (Fsp3) is 0.435. The van der Waals surface area contributed by atoms with E-state index in [1.165, 1.54) is 12.1 Å². The lowest BCUT2D eigenvalue weighted by molar-refractivity contribution is 0.0158. The molecule has 0 aliphatic carbocycles. The molecular formula is C23H24Cl3FN4O2. The Balaban J connectivity index is 1.71. The van der Waals surface area contributed by atoms with E-state index in [1.807, 2.05) is 31.4 Å². The molecule has 1 aliphatic rings. The second-order valence-electron chi connectivity index (χ2n) is 9.24. The maximum Gasteiger partial charge on any atom is 0.410 e. The molecule has 1 atom stereocenters. The fourth-order valence-corrected chi connectivity index (χ4v) is 4.95. The summed E-state index contributed by atoms with van der Waals surface area (Å²) >= 11 is 18.9. The van der Waals surface area contributed by atoms with Crippen LogP contribution in [0.4, 0.5) is 9.18 Å². The summed E-state index contributed by atoms with van der Waals surface area (Å²) in [7, 11) is 0. The smallest absolute Gasteiger partial charge is 0.410 e. The van der Waals surface area contributed by atoms with E-state index in [0.29, 0.717) is 36.5 Å². The molecule has 1 aliphatic heterocycles. The van der Waals surface area contributed by atoms with Crippen LogP contribution in [0.1, 0.15) is 33.6 Å². The van der Waals surface area contributed by atoms with Gasteiger partial charge in [0.05, 0.1) is 15.7 Å². The third-order valence-corrected chi connectivity index (χ3v) is 6.26. The number of nitrogens with zero attached hydrogens (tertiary/aromatic N) is 4. The van der Waals surface area contributed by atoms with Gasteiger partial charge in [0.1, 0.15) is 17.1 Å². The molecule has 3 heterocycles. The minimum atomic E-state index is -0.558. The first-order chi connectivity index (χ1) is 15.5. The third kappa shape index (κ3) is 5.36. The van der Waals surface area contributed by atoms with Crippen molar-refractivity contribution < 1.29 is 13.9 Å². The summed E-state index contributed by atoms with van der Waals surface area (Å²) in [6, 6.07) is 4.33. The van der Waals surface area contributed by atoms with Gasteiger partial charge in [-0.3, -0.25) is 0 Å². The van der Waals surface area contributed by atoms with Crippen LogP contribution in [0.2, 0.25) is 15.3 Å². The highest BCUT2D eigenvalue weighted by Gasteiger charge is 2.29. The van der Waals surface area contributed by atoms with E-state index in [4.69, 9.17) is 39.5 Å². The minimum absolute atomic E-state index is 0.115. The van der Waals surface area contributed by atoms with Crippen molar-refractivity contribution in [1.29, 1.82) is 0 Å². The lowest BCUT2D eigenvalue weighted by Crippen LogP contribution is -2.43. The van der Waals surface area contributed by atoms with E-state index in [1.54, 1.807) is 11.1 Å². The molecular weight excluding hydrogens is 490 g/mol. The molecule has 0 radical (unpaired) electrons. The number of hydrogen-bond acceptors (Lipinski definition) is 4. The van der Waals surface area contributed by atoms with Gasteiger partial charge in [0.15, 0.2) is 0 Å². The largest absolute Gasteiger partial charge is 0.444 e. The predicted molar refractivity (Wildman–Crippen MR) is 128 cm³/mol. The highest BCUT2D eigenvalue weighted by Crippen LogP contribution is 2.39. The van der Waals surface area contributed by atoms with E-state index in [2.05, 4.69) is 9.97 Å². The van der Waals surface area contributed by atoms with Crippen molar-refractivity contribution in [2.45, 2.75) is 45.8 Å². The van der Waals surface area contributed by atoms with Gasteiger partial charge in [-0.2, -0.15) is 4.98 Å². The first-order valence-electron chi connectivity index (χ1n) is 10.7. The lowest BCUT2D eigenvalue weighted by Gasteiger charge is -2.34. The van der Waals surface area contributed by atoms with Gasteiger partial charge < -0.3 is 14.2 Å². The van der Waals surface area contributed by atoms with Gasteiger partial charge in [0.25, 0.3) is 0 Å². The number of likely N-dealkylation sites (tertiary alicyclic amines) is 1. The Bertz CT molecular complexity index is 1190. The highest BCUT2D eigenvalue weighted by molar-refractivity contribution is 6.39. The summed E-state index contributed by atoms with van der Waals surface area (Å²) < 4.78 is 21.3. The maximum atomic E-state index is 13.8. The van der Waals surface area contributed by atoms with E-state index in [0.717, 1.165) is 18.2 Å². The Morgan fingerprint density at radius 2 is 1.91 bits per heavy atom. The van der Waals surface area contributed by atoms with Crippen molar-refractivity contribution in [2.75, 3.05) is 13.1 Å². The van der Waals surface area contributed by atoms with Crippen LogP contribution in [0.5, 0.6) is 0 Å². The number of hydrogen-bond donors (Lipinski definition) is 0. The van der Waals surface area contributed by atoms with Crippen LogP contribution in [-0.2, 0) is 11.3 Å². The quantitative estimate of drug-likeness (QED) is 0.360. The molecule has 0 spiro atoms. The molecule has 2 aromatic heterocycles. The SMILES string of the molecule is CC(C)(C)OC(=O)N1CCCC(Cn2c(-c3c(Cl)cc(F)cc3Cl)cc3cnc(Cl)nc32)C1. The number of rotatable bonds is 3. The molecule has 33 heavy (non-hydrogen) atoms. The zero-order chi connectivity index (χ0) is 23.9. The van der Waals surface area contributed by atoms with Crippen LogP contribution in [0.3, 0.4) is 0 Å². The molecule has 0 bridgehead atoms. The second-order valence-corrected chi connectivity index (χ2v) is 10.4. The Morgan fingerprint density at radius 3 is 2.58 bits per heavy atom. The Kier molecular flexibility index (Phi) is 6.76. The van der Waals surface area contributed by atoms with Gasteiger partial charge in [-0.05, 0) is 69.3 Å². The van der Waals surface area contributed by atoms with Crippen molar-refractivity contribution >= 4 is 51.9 Å². The number of carbonyl (C=O) groups excluding carboxylic acids is 1. The number of benzene rings is 1. The molecule has 1 fully saturated rings. The zero-order valence-electron chi connectivity index (χ0n) is 18.5. The van der Waals surface area contributed by atoms with Gasteiger partial charge in [-0.25, -0.2) is 14.2 Å². The summed E-state index contributed by atoms with van der Waals surface area (Å²) in [6.45, 7) is 7.28. The fourth-order valence-electron chi connectivity index (χ4n) is 4.16. The monoisotopic (exact) mass is 512 g/mol. The predicted octanol–water partition coefficient (Wildman–Crippen LogP) is 6.84. The summed E-state index contributed by atoms with van der Waals surface area (Å²) in [6.07, 6.45) is 3.08. The first-order valence-corrected chi connectivity index (χ1v) is 11.8.